The van der Waals surface area contributed by atoms with Crippen LogP contribution in [0.25, 0.3) is 0 Å². The lowest BCUT2D eigenvalue weighted by Gasteiger charge is -2.19. The van der Waals surface area contributed by atoms with Gasteiger partial charge < -0.3 is 0 Å². The number of sulfonamides is 1. The molecule has 0 amide bonds. The SMILES string of the molecule is Cc1ccc(S(=O)(=O)O[C@H]2CCC[C@@H]3[C@H]2N3S(=O)(=O)c2ccc(C)cc2)cc1. The van der Waals surface area contributed by atoms with Crippen LogP contribution in [0.5, 0.6) is 0 Å². The van der Waals surface area contributed by atoms with E-state index in [9.17, 15) is 16.8 Å². The third-order valence-corrected chi connectivity index (χ3v) is 8.74. The molecule has 6 nitrogen and oxygen atoms in total. The first-order valence-corrected chi connectivity index (χ1v) is 12.2. The zero-order valence-corrected chi connectivity index (χ0v) is 17.4. The Morgan fingerprint density at radius 2 is 1.36 bits per heavy atom. The summed E-state index contributed by atoms with van der Waals surface area (Å²) in [5.41, 5.74) is 1.93. The highest BCUT2D eigenvalue weighted by Gasteiger charge is 2.61. The summed E-state index contributed by atoms with van der Waals surface area (Å²) in [5.74, 6) is 0. The molecule has 1 saturated heterocycles. The van der Waals surface area contributed by atoms with E-state index in [1.165, 1.54) is 16.4 Å². The lowest BCUT2D eigenvalue weighted by Crippen LogP contribution is -2.30. The van der Waals surface area contributed by atoms with E-state index in [4.69, 9.17) is 4.18 Å². The molecule has 0 aromatic heterocycles. The predicted molar refractivity (Wildman–Crippen MR) is 105 cm³/mol. The second kappa shape index (κ2) is 6.95. The van der Waals surface area contributed by atoms with Gasteiger partial charge in [-0.2, -0.15) is 12.7 Å². The maximum atomic E-state index is 13.0. The zero-order valence-electron chi connectivity index (χ0n) is 15.8. The maximum Gasteiger partial charge on any atom is 0.297 e. The van der Waals surface area contributed by atoms with Gasteiger partial charge in [0.1, 0.15) is 0 Å². The van der Waals surface area contributed by atoms with Gasteiger partial charge in [0, 0.05) is 6.04 Å². The predicted octanol–water partition coefficient (Wildman–Crippen LogP) is 3.00. The number of aryl methyl sites for hydroxylation is 2. The van der Waals surface area contributed by atoms with Crippen molar-refractivity contribution in [2.24, 2.45) is 0 Å². The van der Waals surface area contributed by atoms with Gasteiger partial charge in [0.15, 0.2) is 0 Å². The number of benzene rings is 2. The van der Waals surface area contributed by atoms with Crippen molar-refractivity contribution in [2.75, 3.05) is 0 Å². The van der Waals surface area contributed by atoms with E-state index < -0.39 is 32.3 Å². The molecule has 2 aromatic carbocycles. The molecule has 0 spiro atoms. The maximum absolute atomic E-state index is 13.0. The van der Waals surface area contributed by atoms with Crippen molar-refractivity contribution in [3.63, 3.8) is 0 Å². The summed E-state index contributed by atoms with van der Waals surface area (Å²) in [6, 6.07) is 12.5. The first-order chi connectivity index (χ1) is 13.2. The van der Waals surface area contributed by atoms with Crippen LogP contribution < -0.4 is 0 Å². The average Bonchev–Trinajstić information content (AvgIpc) is 3.39. The van der Waals surface area contributed by atoms with Crippen molar-refractivity contribution in [1.29, 1.82) is 0 Å². The minimum atomic E-state index is -3.94. The number of hydrogen-bond donors (Lipinski definition) is 0. The van der Waals surface area contributed by atoms with Gasteiger partial charge in [0.25, 0.3) is 10.1 Å². The van der Waals surface area contributed by atoms with E-state index in [0.29, 0.717) is 6.42 Å². The second-order valence-electron chi connectivity index (χ2n) is 7.54. The smallest absolute Gasteiger partial charge is 0.261 e. The molecular weight excluding hydrogens is 398 g/mol. The van der Waals surface area contributed by atoms with Crippen molar-refractivity contribution >= 4 is 20.1 Å². The quantitative estimate of drug-likeness (QED) is 0.548. The molecule has 0 N–H and O–H groups in total. The summed E-state index contributed by atoms with van der Waals surface area (Å²) in [7, 11) is -7.61. The van der Waals surface area contributed by atoms with Crippen LogP contribution in [-0.4, -0.2) is 39.3 Å². The number of hydrogen-bond acceptors (Lipinski definition) is 5. The molecule has 1 aliphatic heterocycles. The monoisotopic (exact) mass is 421 g/mol. The molecule has 1 saturated carbocycles. The number of rotatable bonds is 5. The van der Waals surface area contributed by atoms with Crippen LogP contribution >= 0.6 is 0 Å². The Kier molecular flexibility index (Phi) is 4.86. The Bertz CT molecular complexity index is 1080. The first kappa shape index (κ1) is 19.6. The van der Waals surface area contributed by atoms with Gasteiger partial charge in [-0.05, 0) is 57.4 Å². The molecule has 2 aromatic rings. The summed E-state index contributed by atoms with van der Waals surface area (Å²) in [4.78, 5) is 0.321. The standard InChI is InChI=1S/C20H23NO5S2/c1-14-6-10-16(11-7-14)27(22,23)21-18-4-3-5-19(20(18)21)26-28(24,25)17-12-8-15(2)9-13-17/h6-13,18-20H,3-5H2,1-2H3/t18-,19+,20-,21?/m1/s1. The lowest BCUT2D eigenvalue weighted by molar-refractivity contribution is 0.175. The van der Waals surface area contributed by atoms with Crippen LogP contribution in [0.3, 0.4) is 0 Å². The Morgan fingerprint density at radius 1 is 0.821 bits per heavy atom. The Balaban J connectivity index is 1.56. The first-order valence-electron chi connectivity index (χ1n) is 9.30. The molecule has 4 rings (SSSR count). The van der Waals surface area contributed by atoms with E-state index in [1.807, 2.05) is 13.8 Å². The van der Waals surface area contributed by atoms with Crippen LogP contribution in [0.4, 0.5) is 0 Å². The molecule has 0 radical (unpaired) electrons. The second-order valence-corrected chi connectivity index (χ2v) is 11.0. The van der Waals surface area contributed by atoms with Crippen LogP contribution in [0.15, 0.2) is 58.3 Å². The van der Waals surface area contributed by atoms with E-state index in [2.05, 4.69) is 0 Å². The molecular formula is C20H23NO5S2. The Labute approximate surface area is 166 Å². The molecule has 4 atom stereocenters. The molecule has 8 heteroatoms. The topological polar surface area (TPSA) is 80.5 Å². The van der Waals surface area contributed by atoms with Gasteiger partial charge in [-0.3, -0.25) is 4.18 Å². The van der Waals surface area contributed by atoms with Crippen LogP contribution in [0, 0.1) is 13.8 Å². The van der Waals surface area contributed by atoms with Crippen molar-refractivity contribution in [2.45, 2.75) is 61.1 Å². The Hall–Kier alpha value is -1.74. The lowest BCUT2D eigenvalue weighted by atomic mass is 9.98. The van der Waals surface area contributed by atoms with Gasteiger partial charge in [-0.15, -0.1) is 0 Å². The normalized spacial score (nSPS) is 27.2. The highest BCUT2D eigenvalue weighted by atomic mass is 32.2. The highest BCUT2D eigenvalue weighted by Crippen LogP contribution is 2.46. The van der Waals surface area contributed by atoms with Crippen LogP contribution in [0.2, 0.25) is 0 Å². The largest absolute Gasteiger partial charge is 0.297 e. The van der Waals surface area contributed by atoms with Gasteiger partial charge in [-0.1, -0.05) is 35.4 Å². The third kappa shape index (κ3) is 3.50. The van der Waals surface area contributed by atoms with E-state index in [0.717, 1.165) is 24.0 Å². The summed E-state index contributed by atoms with van der Waals surface area (Å²) < 4.78 is 58.2. The summed E-state index contributed by atoms with van der Waals surface area (Å²) in [6.45, 7) is 3.77. The summed E-state index contributed by atoms with van der Waals surface area (Å²) in [5, 5.41) is 0. The summed E-state index contributed by atoms with van der Waals surface area (Å²) >= 11 is 0. The molecule has 1 aliphatic carbocycles. The fourth-order valence-corrected chi connectivity index (χ4v) is 6.85. The molecule has 2 fully saturated rings. The van der Waals surface area contributed by atoms with Crippen molar-refractivity contribution in [3.05, 3.63) is 59.7 Å². The number of nitrogens with zero attached hydrogens (tertiary/aromatic N) is 1. The minimum absolute atomic E-state index is 0.0915. The fraction of sp³-hybridized carbons (Fsp3) is 0.400. The van der Waals surface area contributed by atoms with Gasteiger partial charge >= 0.3 is 0 Å². The molecule has 28 heavy (non-hydrogen) atoms. The average molecular weight is 422 g/mol. The minimum Gasteiger partial charge on any atom is -0.261 e. The van der Waals surface area contributed by atoms with Crippen LogP contribution in [-0.2, 0) is 24.3 Å². The van der Waals surface area contributed by atoms with Crippen LogP contribution in [0.1, 0.15) is 30.4 Å². The Morgan fingerprint density at radius 3 is 1.93 bits per heavy atom. The van der Waals surface area contributed by atoms with Crippen molar-refractivity contribution in [3.8, 4) is 0 Å². The molecule has 1 unspecified atom stereocenters. The number of fused-ring (bicyclic) bond motifs is 1. The van der Waals surface area contributed by atoms with E-state index >= 15 is 0 Å². The summed E-state index contributed by atoms with van der Waals surface area (Å²) in [6.07, 6.45) is 1.31. The zero-order chi connectivity index (χ0) is 20.1. The molecule has 2 aliphatic rings. The van der Waals surface area contributed by atoms with Gasteiger partial charge in [0.2, 0.25) is 10.0 Å². The molecule has 1 heterocycles. The molecule has 0 bridgehead atoms. The van der Waals surface area contributed by atoms with E-state index in [1.54, 1.807) is 36.4 Å². The fourth-order valence-electron chi connectivity index (χ4n) is 3.88. The van der Waals surface area contributed by atoms with Crippen molar-refractivity contribution in [1.82, 2.24) is 4.31 Å². The van der Waals surface area contributed by atoms with Crippen molar-refractivity contribution < 1.29 is 21.0 Å². The van der Waals surface area contributed by atoms with Gasteiger partial charge in [0.05, 0.1) is 21.9 Å². The molecule has 150 valence electrons. The highest BCUT2D eigenvalue weighted by molar-refractivity contribution is 7.89. The van der Waals surface area contributed by atoms with E-state index in [-0.39, 0.29) is 15.8 Å². The third-order valence-electron chi connectivity index (χ3n) is 5.45. The van der Waals surface area contributed by atoms with Gasteiger partial charge in [-0.25, -0.2) is 8.42 Å².